The highest BCUT2D eigenvalue weighted by molar-refractivity contribution is 14.0. The fraction of sp³-hybridized carbons (Fsp3) is 0.636. The predicted octanol–water partition coefficient (Wildman–Crippen LogP) is 3.34. The van der Waals surface area contributed by atoms with Gasteiger partial charge >= 0.3 is 0 Å². The number of hydrogen-bond donors (Lipinski definition) is 2. The van der Waals surface area contributed by atoms with E-state index in [2.05, 4.69) is 29.7 Å². The molecule has 1 aromatic rings. The minimum absolute atomic E-state index is 0. The van der Waals surface area contributed by atoms with Crippen molar-refractivity contribution in [1.29, 1.82) is 0 Å². The lowest BCUT2D eigenvalue weighted by atomic mass is 10.1. The molecule has 2 atom stereocenters. The van der Waals surface area contributed by atoms with Gasteiger partial charge in [-0.15, -0.1) is 24.0 Å². The molecule has 1 aliphatic heterocycles. The van der Waals surface area contributed by atoms with Crippen LogP contribution in [0.25, 0.3) is 0 Å². The van der Waals surface area contributed by atoms with Crippen molar-refractivity contribution in [1.82, 2.24) is 15.5 Å². The molecular weight excluding hydrogens is 479 g/mol. The fourth-order valence-electron chi connectivity index (χ4n) is 4.18. The molecule has 1 saturated heterocycles. The van der Waals surface area contributed by atoms with Gasteiger partial charge in [-0.25, -0.2) is 0 Å². The summed E-state index contributed by atoms with van der Waals surface area (Å²) < 4.78 is 5.62. The lowest BCUT2D eigenvalue weighted by Crippen LogP contribution is -2.45. The summed E-state index contributed by atoms with van der Waals surface area (Å²) in [7, 11) is 1.72. The number of hydrogen-bond acceptors (Lipinski definition) is 3. The lowest BCUT2D eigenvalue weighted by Gasteiger charge is -2.22. The second-order valence-corrected chi connectivity index (χ2v) is 7.75. The molecule has 2 N–H and O–H groups in total. The van der Waals surface area contributed by atoms with E-state index < -0.39 is 0 Å². The highest BCUT2D eigenvalue weighted by Crippen LogP contribution is 2.27. The zero-order valence-electron chi connectivity index (χ0n) is 17.6. The Morgan fingerprint density at radius 3 is 2.62 bits per heavy atom. The molecule has 0 radical (unpaired) electrons. The van der Waals surface area contributed by atoms with Gasteiger partial charge in [0.1, 0.15) is 6.10 Å². The van der Waals surface area contributed by atoms with E-state index in [1.165, 1.54) is 12.8 Å². The number of methoxy groups -OCH3 is 1. The molecule has 0 aromatic heterocycles. The Bertz CT molecular complexity index is 649. The molecule has 2 fully saturated rings. The summed E-state index contributed by atoms with van der Waals surface area (Å²) in [5.74, 6) is 1.40. The minimum Gasteiger partial charge on any atom is -0.375 e. The molecule has 1 amide bonds. The molecule has 1 aliphatic carbocycles. The van der Waals surface area contributed by atoms with Crippen LogP contribution in [0.1, 0.15) is 50.7 Å². The molecule has 6 nitrogen and oxygen atoms in total. The van der Waals surface area contributed by atoms with E-state index in [0.29, 0.717) is 12.5 Å². The molecule has 0 spiro atoms. The second-order valence-electron chi connectivity index (χ2n) is 7.75. The molecule has 29 heavy (non-hydrogen) atoms. The number of ether oxygens (including phenoxy) is 1. The summed E-state index contributed by atoms with van der Waals surface area (Å²) in [5.41, 5.74) is 1.12. The van der Waals surface area contributed by atoms with Gasteiger partial charge in [0.25, 0.3) is 0 Å². The molecule has 2 aliphatic rings. The number of aliphatic imine (C=N–C) groups is 1. The van der Waals surface area contributed by atoms with Crippen LogP contribution >= 0.6 is 24.0 Å². The van der Waals surface area contributed by atoms with Crippen LogP contribution in [-0.4, -0.2) is 56.1 Å². The molecule has 2 unspecified atom stereocenters. The van der Waals surface area contributed by atoms with Crippen LogP contribution in [-0.2, 0) is 9.53 Å². The number of rotatable bonds is 7. The number of guanidine groups is 1. The van der Waals surface area contributed by atoms with Crippen molar-refractivity contribution in [2.45, 2.75) is 51.2 Å². The van der Waals surface area contributed by atoms with Gasteiger partial charge in [0.05, 0.1) is 6.54 Å². The first-order chi connectivity index (χ1) is 13.7. The molecule has 1 saturated carbocycles. The van der Waals surface area contributed by atoms with Crippen molar-refractivity contribution in [3.8, 4) is 0 Å². The zero-order chi connectivity index (χ0) is 19.8. The van der Waals surface area contributed by atoms with Gasteiger partial charge in [-0.2, -0.15) is 0 Å². The number of halogens is 1. The summed E-state index contributed by atoms with van der Waals surface area (Å²) in [6, 6.07) is 10.4. The van der Waals surface area contributed by atoms with Crippen molar-refractivity contribution in [3.05, 3.63) is 35.9 Å². The molecule has 1 heterocycles. The average Bonchev–Trinajstić information content (AvgIpc) is 3.41. The van der Waals surface area contributed by atoms with E-state index in [1.807, 2.05) is 23.1 Å². The Labute approximate surface area is 191 Å². The van der Waals surface area contributed by atoms with Crippen LogP contribution in [0.3, 0.4) is 0 Å². The topological polar surface area (TPSA) is 66.0 Å². The SMILES string of the molecule is CCNC(=NCC(OC)c1ccccc1)NC1CCN(C(=O)C2CCCC2)C1.I. The van der Waals surface area contributed by atoms with Crippen LogP contribution < -0.4 is 10.6 Å². The van der Waals surface area contributed by atoms with Crippen molar-refractivity contribution >= 4 is 35.8 Å². The highest BCUT2D eigenvalue weighted by atomic mass is 127. The van der Waals surface area contributed by atoms with Crippen LogP contribution in [0.2, 0.25) is 0 Å². The summed E-state index contributed by atoms with van der Waals surface area (Å²) >= 11 is 0. The summed E-state index contributed by atoms with van der Waals surface area (Å²) in [5, 5.41) is 6.83. The molecule has 7 heteroatoms. The van der Waals surface area contributed by atoms with E-state index in [-0.39, 0.29) is 42.0 Å². The molecule has 162 valence electrons. The molecule has 3 rings (SSSR count). The zero-order valence-corrected chi connectivity index (χ0v) is 19.9. The van der Waals surface area contributed by atoms with Crippen LogP contribution in [0.15, 0.2) is 35.3 Å². The first-order valence-electron chi connectivity index (χ1n) is 10.6. The van der Waals surface area contributed by atoms with Gasteiger partial charge in [-0.1, -0.05) is 43.2 Å². The average molecular weight is 514 g/mol. The van der Waals surface area contributed by atoms with Gasteiger partial charge < -0.3 is 20.3 Å². The van der Waals surface area contributed by atoms with Crippen molar-refractivity contribution in [2.24, 2.45) is 10.9 Å². The monoisotopic (exact) mass is 514 g/mol. The van der Waals surface area contributed by atoms with E-state index in [9.17, 15) is 4.79 Å². The number of benzene rings is 1. The van der Waals surface area contributed by atoms with Gasteiger partial charge in [0.15, 0.2) is 5.96 Å². The number of carbonyl (C=O) groups is 1. The Hall–Kier alpha value is -1.35. The van der Waals surface area contributed by atoms with Crippen molar-refractivity contribution in [2.75, 3.05) is 33.3 Å². The Kier molecular flexibility index (Phi) is 10.2. The van der Waals surface area contributed by atoms with Gasteiger partial charge in [-0.3, -0.25) is 9.79 Å². The molecule has 1 aromatic carbocycles. The van der Waals surface area contributed by atoms with Crippen LogP contribution in [0.4, 0.5) is 0 Å². The maximum atomic E-state index is 12.7. The summed E-state index contributed by atoms with van der Waals surface area (Å²) in [6.07, 6.45) is 5.43. The predicted molar refractivity (Wildman–Crippen MR) is 128 cm³/mol. The van der Waals surface area contributed by atoms with E-state index in [0.717, 1.165) is 50.4 Å². The Balaban J connectivity index is 0.00000300. The fourth-order valence-corrected chi connectivity index (χ4v) is 4.18. The van der Waals surface area contributed by atoms with Gasteiger partial charge in [0, 0.05) is 38.7 Å². The number of amides is 1. The largest absolute Gasteiger partial charge is 0.375 e. The second kappa shape index (κ2) is 12.4. The molecule has 0 bridgehead atoms. The van der Waals surface area contributed by atoms with E-state index in [1.54, 1.807) is 7.11 Å². The van der Waals surface area contributed by atoms with E-state index >= 15 is 0 Å². The van der Waals surface area contributed by atoms with Crippen molar-refractivity contribution < 1.29 is 9.53 Å². The quantitative estimate of drug-likeness (QED) is 0.333. The summed E-state index contributed by atoms with van der Waals surface area (Å²) in [6.45, 7) is 5.02. The highest BCUT2D eigenvalue weighted by Gasteiger charge is 2.32. The minimum atomic E-state index is -0.0688. The maximum absolute atomic E-state index is 12.7. The van der Waals surface area contributed by atoms with Crippen molar-refractivity contribution in [3.63, 3.8) is 0 Å². The number of carbonyl (C=O) groups excluding carboxylic acids is 1. The third-order valence-electron chi connectivity index (χ3n) is 5.76. The maximum Gasteiger partial charge on any atom is 0.225 e. The first-order valence-corrected chi connectivity index (χ1v) is 10.6. The normalized spacial score (nSPS) is 21.0. The standard InChI is InChI=1S/C22H34N4O2.HI/c1-3-23-22(24-15-20(28-2)17-9-5-4-6-10-17)25-19-13-14-26(16-19)21(27)18-11-7-8-12-18;/h4-6,9-10,18-20H,3,7-8,11-16H2,1-2H3,(H2,23,24,25);1H. The smallest absolute Gasteiger partial charge is 0.225 e. The molecular formula is C22H35IN4O2. The number of nitrogens with one attached hydrogen (secondary N) is 2. The Morgan fingerprint density at radius 2 is 1.97 bits per heavy atom. The van der Waals surface area contributed by atoms with Gasteiger partial charge in [0.2, 0.25) is 5.91 Å². The summed E-state index contributed by atoms with van der Waals surface area (Å²) in [4.78, 5) is 19.4. The number of nitrogens with zero attached hydrogens (tertiary/aromatic N) is 2. The third kappa shape index (κ3) is 6.84. The van der Waals surface area contributed by atoms with Crippen LogP contribution in [0, 0.1) is 5.92 Å². The lowest BCUT2D eigenvalue weighted by molar-refractivity contribution is -0.134. The first kappa shape index (κ1) is 23.9. The van der Waals surface area contributed by atoms with Gasteiger partial charge in [-0.05, 0) is 31.7 Å². The van der Waals surface area contributed by atoms with Crippen LogP contribution in [0.5, 0.6) is 0 Å². The van der Waals surface area contributed by atoms with E-state index in [4.69, 9.17) is 9.73 Å². The Morgan fingerprint density at radius 1 is 1.24 bits per heavy atom. The third-order valence-corrected chi connectivity index (χ3v) is 5.76. The number of likely N-dealkylation sites (tertiary alicyclic amines) is 1.